The molecule has 1 heterocycles. The zero-order valence-electron chi connectivity index (χ0n) is 15.6. The number of rotatable bonds is 7. The highest BCUT2D eigenvalue weighted by molar-refractivity contribution is 5.65. The van der Waals surface area contributed by atoms with E-state index in [1.54, 1.807) is 0 Å². The van der Waals surface area contributed by atoms with Crippen molar-refractivity contribution in [1.29, 1.82) is 0 Å². The lowest BCUT2D eigenvalue weighted by molar-refractivity contribution is 0.625. The van der Waals surface area contributed by atoms with Crippen LogP contribution >= 0.6 is 0 Å². The molecule has 24 heavy (non-hydrogen) atoms. The topological polar surface area (TPSA) is 41.1 Å². The molecule has 0 saturated heterocycles. The van der Waals surface area contributed by atoms with Crippen LogP contribution in [0.2, 0.25) is 0 Å². The number of hydrogen-bond donors (Lipinski definition) is 1. The first-order valence-corrected chi connectivity index (χ1v) is 8.90. The van der Waals surface area contributed by atoms with Gasteiger partial charge in [0.1, 0.15) is 5.82 Å². The van der Waals surface area contributed by atoms with Crippen LogP contribution < -0.4 is 10.2 Å². The van der Waals surface area contributed by atoms with Gasteiger partial charge in [-0.2, -0.15) is 4.98 Å². The highest BCUT2D eigenvalue weighted by Crippen LogP contribution is 2.25. The maximum absolute atomic E-state index is 4.79. The quantitative estimate of drug-likeness (QED) is 0.779. The number of aromatic nitrogens is 2. The van der Waals surface area contributed by atoms with Crippen molar-refractivity contribution in [3.05, 3.63) is 36.4 Å². The Bertz CT molecular complexity index is 626. The molecule has 1 aromatic heterocycles. The lowest BCUT2D eigenvalue weighted by Crippen LogP contribution is -2.29. The van der Waals surface area contributed by atoms with Crippen molar-refractivity contribution in [2.45, 2.75) is 53.0 Å². The van der Waals surface area contributed by atoms with E-state index >= 15 is 0 Å². The minimum absolute atomic E-state index is 0.0765. The second-order valence-electron chi connectivity index (χ2n) is 7.16. The van der Waals surface area contributed by atoms with Gasteiger partial charge in [0, 0.05) is 30.3 Å². The van der Waals surface area contributed by atoms with Gasteiger partial charge in [-0.25, -0.2) is 4.98 Å². The molecule has 4 nitrogen and oxygen atoms in total. The van der Waals surface area contributed by atoms with Gasteiger partial charge in [-0.05, 0) is 33.6 Å². The predicted molar refractivity (Wildman–Crippen MR) is 104 cm³/mol. The van der Waals surface area contributed by atoms with E-state index in [1.165, 1.54) is 0 Å². The monoisotopic (exact) mass is 326 g/mol. The molecule has 0 fully saturated rings. The van der Waals surface area contributed by atoms with E-state index in [-0.39, 0.29) is 5.54 Å². The molecule has 2 rings (SSSR count). The van der Waals surface area contributed by atoms with E-state index in [2.05, 4.69) is 63.0 Å². The van der Waals surface area contributed by atoms with E-state index in [4.69, 9.17) is 9.97 Å². The van der Waals surface area contributed by atoms with Crippen molar-refractivity contribution < 1.29 is 0 Å². The van der Waals surface area contributed by atoms with Crippen LogP contribution in [0.5, 0.6) is 0 Å². The van der Waals surface area contributed by atoms with Crippen LogP contribution in [0.15, 0.2) is 36.4 Å². The highest BCUT2D eigenvalue weighted by Gasteiger charge is 2.16. The summed E-state index contributed by atoms with van der Waals surface area (Å²) >= 11 is 0. The van der Waals surface area contributed by atoms with E-state index in [0.29, 0.717) is 5.95 Å². The number of hydrogen-bond acceptors (Lipinski definition) is 4. The average molecular weight is 326 g/mol. The fourth-order valence-electron chi connectivity index (χ4n) is 2.63. The van der Waals surface area contributed by atoms with Gasteiger partial charge in [0.25, 0.3) is 0 Å². The standard InChI is InChI=1S/C20H30N4/c1-6-13-24(14-7-2)18-15-17(16-11-9-8-10-12-16)21-19(22-18)23-20(3,4)5/h8-12,15H,6-7,13-14H2,1-5H3,(H,21,22,23). The summed E-state index contributed by atoms with van der Waals surface area (Å²) in [4.78, 5) is 11.9. The maximum atomic E-state index is 4.79. The third-order valence-electron chi connectivity index (χ3n) is 3.58. The molecule has 4 heteroatoms. The summed E-state index contributed by atoms with van der Waals surface area (Å²) < 4.78 is 0. The second-order valence-corrected chi connectivity index (χ2v) is 7.16. The third-order valence-corrected chi connectivity index (χ3v) is 3.58. The van der Waals surface area contributed by atoms with E-state index in [1.807, 2.05) is 18.2 Å². The Morgan fingerprint density at radius 1 is 0.958 bits per heavy atom. The van der Waals surface area contributed by atoms with Crippen molar-refractivity contribution in [2.75, 3.05) is 23.3 Å². The Morgan fingerprint density at radius 2 is 1.58 bits per heavy atom. The third kappa shape index (κ3) is 5.22. The molecule has 0 amide bonds. The molecule has 0 bridgehead atoms. The smallest absolute Gasteiger partial charge is 0.225 e. The zero-order chi connectivity index (χ0) is 17.6. The highest BCUT2D eigenvalue weighted by atomic mass is 15.2. The van der Waals surface area contributed by atoms with E-state index < -0.39 is 0 Å². The fourth-order valence-corrected chi connectivity index (χ4v) is 2.63. The number of nitrogens with zero attached hydrogens (tertiary/aromatic N) is 3. The maximum Gasteiger partial charge on any atom is 0.225 e. The van der Waals surface area contributed by atoms with Gasteiger partial charge in [0.05, 0.1) is 5.69 Å². The minimum Gasteiger partial charge on any atom is -0.356 e. The fraction of sp³-hybridized carbons (Fsp3) is 0.500. The Hall–Kier alpha value is -2.10. The number of benzene rings is 1. The first-order valence-electron chi connectivity index (χ1n) is 8.90. The van der Waals surface area contributed by atoms with Crippen LogP contribution in [0.4, 0.5) is 11.8 Å². The van der Waals surface area contributed by atoms with Gasteiger partial charge in [-0.1, -0.05) is 44.2 Å². The molecule has 0 saturated carbocycles. The average Bonchev–Trinajstić information content (AvgIpc) is 2.53. The van der Waals surface area contributed by atoms with Gasteiger partial charge in [0.15, 0.2) is 0 Å². The Labute approximate surface area is 146 Å². The molecule has 0 spiro atoms. The van der Waals surface area contributed by atoms with Gasteiger partial charge in [-0.15, -0.1) is 0 Å². The number of nitrogens with one attached hydrogen (secondary N) is 1. The van der Waals surface area contributed by atoms with Gasteiger partial charge in [-0.3, -0.25) is 0 Å². The zero-order valence-corrected chi connectivity index (χ0v) is 15.6. The van der Waals surface area contributed by atoms with E-state index in [9.17, 15) is 0 Å². The molecule has 0 atom stereocenters. The summed E-state index contributed by atoms with van der Waals surface area (Å²) in [5, 5.41) is 3.42. The van der Waals surface area contributed by atoms with Crippen molar-refractivity contribution >= 4 is 11.8 Å². The summed E-state index contributed by atoms with van der Waals surface area (Å²) in [7, 11) is 0. The van der Waals surface area contributed by atoms with Crippen LogP contribution in [-0.4, -0.2) is 28.6 Å². The molecular weight excluding hydrogens is 296 g/mol. The van der Waals surface area contributed by atoms with Crippen molar-refractivity contribution in [1.82, 2.24) is 9.97 Å². The molecule has 1 aromatic carbocycles. The first kappa shape index (κ1) is 18.2. The Balaban J connectivity index is 2.47. The Kier molecular flexibility index (Phi) is 6.18. The summed E-state index contributed by atoms with van der Waals surface area (Å²) in [5.74, 6) is 1.69. The predicted octanol–water partition coefficient (Wildman–Crippen LogP) is 4.98. The van der Waals surface area contributed by atoms with Crippen molar-refractivity contribution in [2.24, 2.45) is 0 Å². The molecule has 0 unspecified atom stereocenters. The van der Waals surface area contributed by atoms with Gasteiger partial charge in [0.2, 0.25) is 5.95 Å². The van der Waals surface area contributed by atoms with Crippen molar-refractivity contribution in [3.63, 3.8) is 0 Å². The van der Waals surface area contributed by atoms with Gasteiger partial charge >= 0.3 is 0 Å². The summed E-state index contributed by atoms with van der Waals surface area (Å²) in [6.07, 6.45) is 2.21. The molecule has 0 aliphatic carbocycles. The van der Waals surface area contributed by atoms with Crippen LogP contribution in [0.1, 0.15) is 47.5 Å². The lowest BCUT2D eigenvalue weighted by atomic mass is 10.1. The minimum atomic E-state index is -0.0765. The summed E-state index contributed by atoms with van der Waals surface area (Å²) in [5.41, 5.74) is 2.00. The molecule has 2 aromatic rings. The van der Waals surface area contributed by atoms with Crippen LogP contribution in [-0.2, 0) is 0 Å². The molecule has 130 valence electrons. The van der Waals surface area contributed by atoms with Crippen LogP contribution in [0, 0.1) is 0 Å². The van der Waals surface area contributed by atoms with Crippen LogP contribution in [0.3, 0.4) is 0 Å². The Morgan fingerprint density at radius 3 is 2.12 bits per heavy atom. The lowest BCUT2D eigenvalue weighted by Gasteiger charge is -2.26. The van der Waals surface area contributed by atoms with Gasteiger partial charge < -0.3 is 10.2 Å². The molecule has 0 aliphatic rings. The SMILES string of the molecule is CCCN(CCC)c1cc(-c2ccccc2)nc(NC(C)(C)C)n1. The summed E-state index contributed by atoms with van der Waals surface area (Å²) in [6, 6.07) is 12.4. The number of anilines is 2. The van der Waals surface area contributed by atoms with Crippen molar-refractivity contribution in [3.8, 4) is 11.3 Å². The molecule has 1 N–H and O–H groups in total. The summed E-state index contributed by atoms with van der Waals surface area (Å²) in [6.45, 7) is 12.8. The molecular formula is C20H30N4. The molecule has 0 radical (unpaired) electrons. The second kappa shape index (κ2) is 8.13. The first-order chi connectivity index (χ1) is 11.4. The largest absolute Gasteiger partial charge is 0.356 e. The van der Waals surface area contributed by atoms with E-state index in [0.717, 1.165) is 43.0 Å². The normalized spacial score (nSPS) is 11.4. The molecule has 0 aliphatic heterocycles. The van der Waals surface area contributed by atoms with Crippen LogP contribution in [0.25, 0.3) is 11.3 Å².